The molecule has 10 nitrogen and oxygen atoms in total. The number of aliphatic hydroxyl groups is 1. The summed E-state index contributed by atoms with van der Waals surface area (Å²) in [4.78, 5) is 36.0. The zero-order valence-corrected chi connectivity index (χ0v) is 20.8. The van der Waals surface area contributed by atoms with Gasteiger partial charge in [0, 0.05) is 20.0 Å². The molecular weight excluding hydrogens is 484 g/mol. The van der Waals surface area contributed by atoms with Crippen molar-refractivity contribution in [1.82, 2.24) is 29.2 Å². The van der Waals surface area contributed by atoms with Gasteiger partial charge in [0.1, 0.15) is 11.7 Å². The number of fused-ring (bicyclic) bond motifs is 1. The molecule has 10 heteroatoms. The number of piperidine rings is 1. The molecule has 38 heavy (non-hydrogen) atoms. The Labute approximate surface area is 217 Å². The molecule has 1 N–H and O–H groups in total. The third-order valence-electron chi connectivity index (χ3n) is 7.05. The smallest absolute Gasteiger partial charge is 0.291 e. The van der Waals surface area contributed by atoms with Gasteiger partial charge < -0.3 is 14.4 Å². The lowest BCUT2D eigenvalue weighted by Gasteiger charge is -2.38. The molecule has 0 spiro atoms. The van der Waals surface area contributed by atoms with Gasteiger partial charge in [0.15, 0.2) is 11.5 Å². The summed E-state index contributed by atoms with van der Waals surface area (Å²) in [5, 5.41) is 16.0. The molecule has 1 fully saturated rings. The van der Waals surface area contributed by atoms with Crippen molar-refractivity contribution in [3.63, 3.8) is 0 Å². The minimum Gasteiger partial charge on any atom is -0.436 e. The van der Waals surface area contributed by atoms with E-state index < -0.39 is 5.60 Å². The highest BCUT2D eigenvalue weighted by Crippen LogP contribution is 2.26. The van der Waals surface area contributed by atoms with E-state index in [1.807, 2.05) is 42.5 Å². The molecule has 4 heterocycles. The molecule has 0 saturated carbocycles. The Morgan fingerprint density at radius 1 is 1.00 bits per heavy atom. The van der Waals surface area contributed by atoms with Crippen LogP contribution in [0.2, 0.25) is 0 Å². The summed E-state index contributed by atoms with van der Waals surface area (Å²) in [5.74, 6) is 0.360. The summed E-state index contributed by atoms with van der Waals surface area (Å²) in [6.07, 6.45) is 5.02. The maximum atomic E-state index is 13.3. The van der Waals surface area contributed by atoms with Crippen LogP contribution in [0.3, 0.4) is 0 Å². The fraction of sp³-hybridized carbons (Fsp3) is 0.250. The minimum atomic E-state index is -1.14. The van der Waals surface area contributed by atoms with Crippen molar-refractivity contribution >= 4 is 16.9 Å². The predicted molar refractivity (Wildman–Crippen MR) is 140 cm³/mol. The van der Waals surface area contributed by atoms with E-state index in [2.05, 4.69) is 27.2 Å². The maximum Gasteiger partial charge on any atom is 0.291 e. The molecule has 1 amide bonds. The molecule has 1 aliphatic heterocycles. The first-order valence-electron chi connectivity index (χ1n) is 12.4. The Bertz CT molecular complexity index is 1660. The van der Waals surface area contributed by atoms with Gasteiger partial charge in [-0.05, 0) is 36.1 Å². The highest BCUT2D eigenvalue weighted by Gasteiger charge is 2.35. The van der Waals surface area contributed by atoms with Gasteiger partial charge in [0.05, 0.1) is 30.2 Å². The Morgan fingerprint density at radius 2 is 1.71 bits per heavy atom. The molecular formula is C28H26N6O4. The highest BCUT2D eigenvalue weighted by atomic mass is 16.4. The molecule has 0 unspecified atom stereocenters. The number of amides is 1. The predicted octanol–water partition coefficient (Wildman–Crippen LogP) is 3.21. The number of aryl methyl sites for hydroxylation is 1. The highest BCUT2D eigenvalue weighted by molar-refractivity contribution is 5.91. The van der Waals surface area contributed by atoms with E-state index >= 15 is 0 Å². The van der Waals surface area contributed by atoms with E-state index in [-0.39, 0.29) is 23.8 Å². The average molecular weight is 511 g/mol. The molecule has 0 radical (unpaired) electrons. The lowest BCUT2D eigenvalue weighted by Crippen LogP contribution is -2.49. The van der Waals surface area contributed by atoms with Crippen LogP contribution in [0.15, 0.2) is 82.5 Å². The molecule has 6 rings (SSSR count). The second kappa shape index (κ2) is 9.38. The summed E-state index contributed by atoms with van der Waals surface area (Å²) in [6, 6.07) is 18.0. The largest absolute Gasteiger partial charge is 0.436 e. The van der Waals surface area contributed by atoms with E-state index in [1.54, 1.807) is 16.5 Å². The van der Waals surface area contributed by atoms with Gasteiger partial charge in [-0.2, -0.15) is 5.10 Å². The topological polar surface area (TPSA) is 119 Å². The Balaban J connectivity index is 1.18. The van der Waals surface area contributed by atoms with Crippen molar-refractivity contribution in [1.29, 1.82) is 0 Å². The first-order valence-corrected chi connectivity index (χ1v) is 12.4. The number of carbonyl (C=O) groups excluding carboxylic acids is 1. The number of oxazole rings is 1. The molecule has 3 aromatic heterocycles. The van der Waals surface area contributed by atoms with Gasteiger partial charge in [-0.25, -0.2) is 14.6 Å². The molecule has 2 aromatic carbocycles. The van der Waals surface area contributed by atoms with Crippen LogP contribution in [-0.4, -0.2) is 58.9 Å². The van der Waals surface area contributed by atoms with E-state index in [9.17, 15) is 14.7 Å². The Morgan fingerprint density at radius 3 is 2.39 bits per heavy atom. The number of benzene rings is 2. The number of hydrogen-bond acceptors (Lipinski definition) is 7. The molecule has 192 valence electrons. The second-order valence-corrected chi connectivity index (χ2v) is 9.64. The van der Waals surface area contributed by atoms with E-state index in [0.717, 1.165) is 16.8 Å². The van der Waals surface area contributed by atoms with Gasteiger partial charge >= 0.3 is 0 Å². The van der Waals surface area contributed by atoms with Gasteiger partial charge in [-0.1, -0.05) is 42.5 Å². The number of rotatable bonds is 5. The van der Waals surface area contributed by atoms with Crippen LogP contribution in [0.25, 0.3) is 27.8 Å². The van der Waals surface area contributed by atoms with Crippen LogP contribution < -0.4 is 5.56 Å². The third kappa shape index (κ3) is 4.39. The molecule has 0 atom stereocenters. The molecule has 0 aliphatic carbocycles. The van der Waals surface area contributed by atoms with Crippen LogP contribution >= 0.6 is 0 Å². The number of carbonyl (C=O) groups is 1. The minimum absolute atomic E-state index is 0.0785. The van der Waals surface area contributed by atoms with Gasteiger partial charge in [-0.15, -0.1) is 0 Å². The number of aromatic nitrogens is 5. The van der Waals surface area contributed by atoms with Gasteiger partial charge in [0.25, 0.3) is 11.5 Å². The lowest BCUT2D eigenvalue weighted by atomic mass is 9.91. The zero-order chi connectivity index (χ0) is 26.3. The van der Waals surface area contributed by atoms with Crippen molar-refractivity contribution in [2.24, 2.45) is 0 Å². The summed E-state index contributed by atoms with van der Waals surface area (Å²) < 4.78 is 8.40. The molecule has 1 aliphatic rings. The lowest BCUT2D eigenvalue weighted by molar-refractivity contribution is -0.0304. The Hall–Kier alpha value is -4.57. The van der Waals surface area contributed by atoms with Crippen LogP contribution in [-0.2, 0) is 6.54 Å². The monoisotopic (exact) mass is 510 g/mol. The first-order chi connectivity index (χ1) is 18.4. The van der Waals surface area contributed by atoms with E-state index in [1.165, 1.54) is 23.3 Å². The van der Waals surface area contributed by atoms with Crippen molar-refractivity contribution in [2.45, 2.75) is 31.9 Å². The standard InChI is InChI=1S/C28H26N6O4/c1-19-29-16-24(38-19)27(36)32-13-11-28(37,12-14-32)17-33-18-30-25-23(26(33)35)15-31-34(25)22-9-7-21(8-10-22)20-5-3-2-4-6-20/h2-10,15-16,18,37H,11-14,17H2,1H3. The van der Waals surface area contributed by atoms with Crippen molar-refractivity contribution in [2.75, 3.05) is 13.1 Å². The third-order valence-corrected chi connectivity index (χ3v) is 7.05. The summed E-state index contributed by atoms with van der Waals surface area (Å²) >= 11 is 0. The first kappa shape index (κ1) is 23.8. The van der Waals surface area contributed by atoms with Crippen molar-refractivity contribution < 1.29 is 14.3 Å². The number of nitrogens with zero attached hydrogens (tertiary/aromatic N) is 6. The fourth-order valence-electron chi connectivity index (χ4n) is 4.89. The SMILES string of the molecule is Cc1ncc(C(=O)N2CCC(O)(Cn3cnc4c(cnn4-c4ccc(-c5ccccc5)cc4)c3=O)CC2)o1. The van der Waals surface area contributed by atoms with Crippen LogP contribution in [0.1, 0.15) is 29.3 Å². The molecule has 1 saturated heterocycles. The number of hydrogen-bond donors (Lipinski definition) is 1. The Kier molecular flexibility index (Phi) is 5.88. The molecule has 0 bridgehead atoms. The van der Waals surface area contributed by atoms with Gasteiger partial charge in [-0.3, -0.25) is 14.2 Å². The van der Waals surface area contributed by atoms with Gasteiger partial charge in [0.2, 0.25) is 5.76 Å². The van der Waals surface area contributed by atoms with Crippen LogP contribution in [0.4, 0.5) is 0 Å². The quantitative estimate of drug-likeness (QED) is 0.386. The summed E-state index contributed by atoms with van der Waals surface area (Å²) in [5.41, 5.74) is 2.03. The number of likely N-dealkylation sites (tertiary alicyclic amines) is 1. The van der Waals surface area contributed by atoms with Crippen LogP contribution in [0.5, 0.6) is 0 Å². The van der Waals surface area contributed by atoms with E-state index in [0.29, 0.717) is 42.9 Å². The normalized spacial score (nSPS) is 15.2. The fourth-order valence-corrected chi connectivity index (χ4v) is 4.89. The van der Waals surface area contributed by atoms with E-state index in [4.69, 9.17) is 4.42 Å². The summed E-state index contributed by atoms with van der Waals surface area (Å²) in [7, 11) is 0. The maximum absolute atomic E-state index is 13.3. The summed E-state index contributed by atoms with van der Waals surface area (Å²) in [6.45, 7) is 2.45. The second-order valence-electron chi connectivity index (χ2n) is 9.64. The average Bonchev–Trinajstić information content (AvgIpc) is 3.58. The van der Waals surface area contributed by atoms with Crippen molar-refractivity contribution in [3.05, 3.63) is 95.3 Å². The van der Waals surface area contributed by atoms with Crippen LogP contribution in [0, 0.1) is 6.92 Å². The zero-order valence-electron chi connectivity index (χ0n) is 20.8. The van der Waals surface area contributed by atoms with Crippen molar-refractivity contribution in [3.8, 4) is 16.8 Å². The molecule has 5 aromatic rings.